The van der Waals surface area contributed by atoms with E-state index in [1.165, 1.54) is 0 Å². The summed E-state index contributed by atoms with van der Waals surface area (Å²) in [5.74, 6) is -0.473. The Kier molecular flexibility index (Phi) is 7.05. The number of fused-ring (bicyclic) bond motifs is 1. The molecule has 164 valence electrons. The van der Waals surface area contributed by atoms with Crippen LogP contribution in [0.4, 0.5) is 0 Å². The monoisotopic (exact) mass is 422 g/mol. The first-order valence-electron chi connectivity index (χ1n) is 10.7. The van der Waals surface area contributed by atoms with Crippen molar-refractivity contribution in [3.05, 3.63) is 59.4 Å². The third kappa shape index (κ3) is 5.10. The van der Waals surface area contributed by atoms with Gasteiger partial charge in [-0.05, 0) is 38.3 Å². The molecule has 1 atom stereocenters. The van der Waals surface area contributed by atoms with Crippen LogP contribution in [0.25, 0.3) is 11.0 Å². The van der Waals surface area contributed by atoms with Crippen LogP contribution in [0.3, 0.4) is 0 Å². The molecule has 0 radical (unpaired) electrons. The summed E-state index contributed by atoms with van der Waals surface area (Å²) in [4.78, 5) is 30.3. The van der Waals surface area contributed by atoms with Crippen LogP contribution in [0.15, 0.2) is 42.6 Å². The van der Waals surface area contributed by atoms with Gasteiger partial charge in [0.15, 0.2) is 5.65 Å². The van der Waals surface area contributed by atoms with E-state index in [1.54, 1.807) is 13.1 Å². The Balaban J connectivity index is 2.00. The predicted molar refractivity (Wildman–Crippen MR) is 120 cm³/mol. The second-order valence-electron chi connectivity index (χ2n) is 8.12. The Morgan fingerprint density at radius 3 is 2.45 bits per heavy atom. The number of amides is 1. The third-order valence-electron chi connectivity index (χ3n) is 5.10. The van der Waals surface area contributed by atoms with E-state index in [-0.39, 0.29) is 30.3 Å². The van der Waals surface area contributed by atoms with Gasteiger partial charge in [-0.3, -0.25) is 9.59 Å². The fourth-order valence-corrected chi connectivity index (χ4v) is 3.46. The Labute approximate surface area is 182 Å². The average molecular weight is 423 g/mol. The van der Waals surface area contributed by atoms with Gasteiger partial charge in [0.2, 0.25) is 0 Å². The summed E-state index contributed by atoms with van der Waals surface area (Å²) in [7, 11) is 0. The molecule has 2 aromatic heterocycles. The summed E-state index contributed by atoms with van der Waals surface area (Å²) in [6.07, 6.45) is 1.74. The fourth-order valence-electron chi connectivity index (χ4n) is 3.46. The van der Waals surface area contributed by atoms with E-state index < -0.39 is 6.04 Å². The minimum atomic E-state index is -0.501. The molecular weight excluding hydrogens is 392 g/mol. The zero-order valence-electron chi connectivity index (χ0n) is 18.8. The Morgan fingerprint density at radius 1 is 1.13 bits per heavy atom. The average Bonchev–Trinajstić information content (AvgIpc) is 3.17. The van der Waals surface area contributed by atoms with Crippen molar-refractivity contribution in [3.63, 3.8) is 0 Å². The Morgan fingerprint density at radius 2 is 1.84 bits per heavy atom. The molecular formula is C24H30N4O3. The van der Waals surface area contributed by atoms with Crippen LogP contribution in [0.5, 0.6) is 0 Å². The van der Waals surface area contributed by atoms with Crippen LogP contribution in [0.2, 0.25) is 0 Å². The van der Waals surface area contributed by atoms with Crippen molar-refractivity contribution in [2.45, 2.75) is 59.0 Å². The summed E-state index contributed by atoms with van der Waals surface area (Å²) in [6, 6.07) is 10.9. The standard InChI is InChI=1S/C24H30N4O3/c1-6-31-22(29)13-21(17-10-8-7-9-11-17)27-24(30)18-12-20(15(2)3)26-23-19(18)14-25-28(23)16(4)5/h7-12,14-16,21H,6,13H2,1-5H3,(H,27,30). The highest BCUT2D eigenvalue weighted by atomic mass is 16.5. The van der Waals surface area contributed by atoms with Gasteiger partial charge >= 0.3 is 5.97 Å². The maximum atomic E-state index is 13.4. The summed E-state index contributed by atoms with van der Waals surface area (Å²) < 4.78 is 6.94. The van der Waals surface area contributed by atoms with E-state index in [9.17, 15) is 9.59 Å². The van der Waals surface area contributed by atoms with Gasteiger partial charge in [-0.25, -0.2) is 9.67 Å². The second-order valence-corrected chi connectivity index (χ2v) is 8.12. The van der Waals surface area contributed by atoms with Crippen molar-refractivity contribution in [3.8, 4) is 0 Å². The van der Waals surface area contributed by atoms with Crippen molar-refractivity contribution < 1.29 is 14.3 Å². The fraction of sp³-hybridized carbons (Fsp3) is 0.417. The van der Waals surface area contributed by atoms with E-state index in [0.29, 0.717) is 23.2 Å². The van der Waals surface area contributed by atoms with Crippen molar-refractivity contribution in [2.24, 2.45) is 0 Å². The quantitative estimate of drug-likeness (QED) is 0.538. The van der Waals surface area contributed by atoms with Crippen LogP contribution >= 0.6 is 0 Å². The van der Waals surface area contributed by atoms with Gasteiger partial charge in [-0.2, -0.15) is 5.10 Å². The number of esters is 1. The lowest BCUT2D eigenvalue weighted by Gasteiger charge is -2.19. The highest BCUT2D eigenvalue weighted by Gasteiger charge is 2.23. The molecule has 1 amide bonds. The Bertz CT molecular complexity index is 1060. The number of aromatic nitrogens is 3. The van der Waals surface area contributed by atoms with Gasteiger partial charge in [0.05, 0.1) is 36.2 Å². The van der Waals surface area contributed by atoms with Gasteiger partial charge in [0.1, 0.15) is 0 Å². The molecule has 0 fully saturated rings. The van der Waals surface area contributed by atoms with Crippen LogP contribution in [0, 0.1) is 0 Å². The van der Waals surface area contributed by atoms with Crippen LogP contribution in [0.1, 0.15) is 80.7 Å². The Hall–Kier alpha value is -3.22. The molecule has 1 unspecified atom stereocenters. The molecule has 0 bridgehead atoms. The summed E-state index contributed by atoms with van der Waals surface area (Å²) in [5.41, 5.74) is 2.86. The topological polar surface area (TPSA) is 86.1 Å². The lowest BCUT2D eigenvalue weighted by atomic mass is 10.0. The van der Waals surface area contributed by atoms with Crippen LogP contribution < -0.4 is 5.32 Å². The SMILES string of the molecule is CCOC(=O)CC(NC(=O)c1cc(C(C)C)nc2c1cnn2C(C)C)c1ccccc1. The maximum absolute atomic E-state index is 13.4. The molecule has 0 spiro atoms. The molecule has 0 aliphatic heterocycles. The molecule has 0 saturated heterocycles. The maximum Gasteiger partial charge on any atom is 0.308 e. The van der Waals surface area contributed by atoms with Gasteiger partial charge in [-0.1, -0.05) is 44.2 Å². The number of rotatable bonds is 8. The van der Waals surface area contributed by atoms with Gasteiger partial charge < -0.3 is 10.1 Å². The zero-order valence-corrected chi connectivity index (χ0v) is 18.8. The smallest absolute Gasteiger partial charge is 0.308 e. The van der Waals surface area contributed by atoms with Crippen molar-refractivity contribution in [1.82, 2.24) is 20.1 Å². The van der Waals surface area contributed by atoms with Crippen molar-refractivity contribution in [2.75, 3.05) is 6.61 Å². The van der Waals surface area contributed by atoms with E-state index >= 15 is 0 Å². The van der Waals surface area contributed by atoms with Gasteiger partial charge in [0, 0.05) is 11.7 Å². The summed E-state index contributed by atoms with van der Waals surface area (Å²) in [6.45, 7) is 10.2. The van der Waals surface area contributed by atoms with Crippen LogP contribution in [-0.4, -0.2) is 33.2 Å². The number of pyridine rings is 1. The summed E-state index contributed by atoms with van der Waals surface area (Å²) >= 11 is 0. The lowest BCUT2D eigenvalue weighted by Crippen LogP contribution is -2.31. The van der Waals surface area contributed by atoms with Gasteiger partial charge in [0.25, 0.3) is 5.91 Å². The largest absolute Gasteiger partial charge is 0.466 e. The van der Waals surface area contributed by atoms with E-state index in [2.05, 4.69) is 10.4 Å². The lowest BCUT2D eigenvalue weighted by molar-refractivity contribution is -0.143. The number of ether oxygens (including phenoxy) is 1. The molecule has 1 aromatic carbocycles. The number of carbonyl (C=O) groups is 2. The number of hydrogen-bond acceptors (Lipinski definition) is 5. The van der Waals surface area contributed by atoms with Gasteiger partial charge in [-0.15, -0.1) is 0 Å². The molecule has 2 heterocycles. The normalized spacial score (nSPS) is 12.4. The molecule has 3 aromatic rings. The van der Waals surface area contributed by atoms with E-state index in [1.807, 2.05) is 68.8 Å². The van der Waals surface area contributed by atoms with Crippen molar-refractivity contribution in [1.29, 1.82) is 0 Å². The minimum absolute atomic E-state index is 0.0557. The molecule has 0 saturated carbocycles. The predicted octanol–water partition coefficient (Wildman–Crippen LogP) is 4.56. The first kappa shape index (κ1) is 22.5. The first-order chi connectivity index (χ1) is 14.8. The second kappa shape index (κ2) is 9.73. The number of nitrogens with zero attached hydrogens (tertiary/aromatic N) is 3. The molecule has 1 N–H and O–H groups in total. The number of hydrogen-bond donors (Lipinski definition) is 1. The molecule has 3 rings (SSSR count). The van der Waals surface area contributed by atoms with E-state index in [4.69, 9.17) is 9.72 Å². The molecule has 7 nitrogen and oxygen atoms in total. The highest BCUT2D eigenvalue weighted by Crippen LogP contribution is 2.26. The van der Waals surface area contributed by atoms with Crippen molar-refractivity contribution >= 4 is 22.9 Å². The third-order valence-corrected chi connectivity index (χ3v) is 5.10. The van der Waals surface area contributed by atoms with Crippen LogP contribution in [-0.2, 0) is 9.53 Å². The zero-order chi connectivity index (χ0) is 22.5. The molecule has 0 aliphatic carbocycles. The molecule has 0 aliphatic rings. The first-order valence-corrected chi connectivity index (χ1v) is 10.7. The number of nitrogens with one attached hydrogen (secondary N) is 1. The molecule has 7 heteroatoms. The minimum Gasteiger partial charge on any atom is -0.466 e. The number of benzene rings is 1. The summed E-state index contributed by atoms with van der Waals surface area (Å²) in [5, 5.41) is 8.17. The molecule has 31 heavy (non-hydrogen) atoms. The number of carbonyl (C=O) groups excluding carboxylic acids is 2. The van der Waals surface area contributed by atoms with E-state index in [0.717, 1.165) is 11.3 Å². The highest BCUT2D eigenvalue weighted by molar-refractivity contribution is 6.05.